The van der Waals surface area contributed by atoms with Crippen LogP contribution in [0.4, 0.5) is 15.8 Å². The van der Waals surface area contributed by atoms with Crippen LogP contribution in [0.1, 0.15) is 5.56 Å². The van der Waals surface area contributed by atoms with Crippen LogP contribution in [0.25, 0.3) is 5.57 Å². The van der Waals surface area contributed by atoms with E-state index in [0.29, 0.717) is 22.0 Å². The van der Waals surface area contributed by atoms with Crippen molar-refractivity contribution in [1.29, 1.82) is 0 Å². The fraction of sp³-hybridized carbons (Fsp3) is 0.0435. The average Bonchev–Trinajstić information content (AvgIpc) is 2.99. The van der Waals surface area contributed by atoms with Crippen molar-refractivity contribution in [2.45, 2.75) is 0 Å². The number of carbonyl (C=O) groups excluding carboxylic acids is 2. The van der Waals surface area contributed by atoms with Gasteiger partial charge in [-0.2, -0.15) is 0 Å². The van der Waals surface area contributed by atoms with Gasteiger partial charge in [-0.05, 0) is 48.0 Å². The van der Waals surface area contributed by atoms with E-state index >= 15 is 0 Å². The van der Waals surface area contributed by atoms with Gasteiger partial charge in [-0.3, -0.25) is 9.59 Å². The number of imide groups is 1. The molecule has 7 heteroatoms. The van der Waals surface area contributed by atoms with Gasteiger partial charge in [-0.1, -0.05) is 41.9 Å². The van der Waals surface area contributed by atoms with Gasteiger partial charge >= 0.3 is 0 Å². The highest BCUT2D eigenvalue weighted by molar-refractivity contribution is 6.46. The maximum absolute atomic E-state index is 13.3. The van der Waals surface area contributed by atoms with Gasteiger partial charge in [0.15, 0.2) is 0 Å². The molecule has 30 heavy (non-hydrogen) atoms. The average molecular weight is 423 g/mol. The lowest BCUT2D eigenvalue weighted by molar-refractivity contribution is -0.120. The molecule has 0 aromatic heterocycles. The lowest BCUT2D eigenvalue weighted by atomic mass is 10.0. The third-order valence-corrected chi connectivity index (χ3v) is 4.95. The summed E-state index contributed by atoms with van der Waals surface area (Å²) in [4.78, 5) is 27.5. The van der Waals surface area contributed by atoms with Crippen molar-refractivity contribution in [2.24, 2.45) is 0 Å². The van der Waals surface area contributed by atoms with E-state index < -0.39 is 17.6 Å². The number of nitrogens with one attached hydrogen (secondary N) is 1. The Bertz CT molecular complexity index is 1160. The minimum atomic E-state index is -0.544. The standard InChI is InChI=1S/C23H16ClFN2O3/c1-30-19-12-9-16(13-18(19)24)26-21-20(14-5-3-2-4-6-14)22(28)27(23(21)29)17-10-7-15(25)8-11-17/h2-13,26H,1H3. The smallest absolute Gasteiger partial charge is 0.282 e. The molecule has 3 aromatic carbocycles. The lowest BCUT2D eigenvalue weighted by Gasteiger charge is -2.15. The SMILES string of the molecule is COc1ccc(NC2=C(c3ccccc3)C(=O)N(c3ccc(F)cc3)C2=O)cc1Cl. The maximum Gasteiger partial charge on any atom is 0.282 e. The molecule has 0 atom stereocenters. The first kappa shape index (κ1) is 19.7. The molecule has 0 fully saturated rings. The lowest BCUT2D eigenvalue weighted by Crippen LogP contribution is -2.32. The molecule has 0 unspecified atom stereocenters. The summed E-state index contributed by atoms with van der Waals surface area (Å²) < 4.78 is 18.5. The molecular formula is C23H16ClFN2O3. The second kappa shape index (κ2) is 8.00. The van der Waals surface area contributed by atoms with Gasteiger partial charge in [0.1, 0.15) is 17.3 Å². The topological polar surface area (TPSA) is 58.6 Å². The highest BCUT2D eigenvalue weighted by Crippen LogP contribution is 2.35. The summed E-state index contributed by atoms with van der Waals surface area (Å²) in [6, 6.07) is 19.0. The summed E-state index contributed by atoms with van der Waals surface area (Å²) in [5.41, 5.74) is 1.71. The molecular weight excluding hydrogens is 407 g/mol. The molecule has 1 N–H and O–H groups in total. The molecule has 0 spiro atoms. The summed E-state index contributed by atoms with van der Waals surface area (Å²) in [6.45, 7) is 0. The summed E-state index contributed by atoms with van der Waals surface area (Å²) in [5.74, 6) is -1.01. The van der Waals surface area contributed by atoms with Crippen LogP contribution < -0.4 is 15.0 Å². The number of ether oxygens (including phenoxy) is 1. The van der Waals surface area contributed by atoms with Gasteiger partial charge in [0.2, 0.25) is 0 Å². The second-order valence-electron chi connectivity index (χ2n) is 6.51. The van der Waals surface area contributed by atoms with E-state index in [0.717, 1.165) is 4.90 Å². The van der Waals surface area contributed by atoms with Gasteiger partial charge < -0.3 is 10.1 Å². The largest absolute Gasteiger partial charge is 0.495 e. The third kappa shape index (κ3) is 3.53. The van der Waals surface area contributed by atoms with Gasteiger partial charge in [-0.15, -0.1) is 0 Å². The van der Waals surface area contributed by atoms with Crippen molar-refractivity contribution >= 4 is 40.4 Å². The van der Waals surface area contributed by atoms with E-state index in [1.165, 1.54) is 31.4 Å². The van der Waals surface area contributed by atoms with E-state index in [-0.39, 0.29) is 17.0 Å². The number of rotatable bonds is 5. The monoisotopic (exact) mass is 422 g/mol. The van der Waals surface area contributed by atoms with Gasteiger partial charge in [0.05, 0.1) is 23.4 Å². The zero-order chi connectivity index (χ0) is 21.3. The Labute approximate surface area is 177 Å². The normalized spacial score (nSPS) is 13.8. The van der Waals surface area contributed by atoms with Gasteiger partial charge in [-0.25, -0.2) is 9.29 Å². The molecule has 2 amide bonds. The predicted octanol–water partition coefficient (Wildman–Crippen LogP) is 4.88. The van der Waals surface area contributed by atoms with Crippen LogP contribution in [-0.4, -0.2) is 18.9 Å². The third-order valence-electron chi connectivity index (χ3n) is 4.65. The minimum Gasteiger partial charge on any atom is -0.495 e. The predicted molar refractivity (Wildman–Crippen MR) is 114 cm³/mol. The number of benzene rings is 3. The van der Waals surface area contributed by atoms with Crippen LogP contribution in [0, 0.1) is 5.82 Å². The van der Waals surface area contributed by atoms with E-state index in [9.17, 15) is 14.0 Å². The van der Waals surface area contributed by atoms with Crippen molar-refractivity contribution in [1.82, 2.24) is 0 Å². The number of anilines is 2. The summed E-state index contributed by atoms with van der Waals surface area (Å²) in [7, 11) is 1.50. The molecule has 0 radical (unpaired) electrons. The summed E-state index contributed by atoms with van der Waals surface area (Å²) in [5, 5.41) is 3.38. The van der Waals surface area contributed by atoms with Crippen molar-refractivity contribution in [3.8, 4) is 5.75 Å². The first-order chi connectivity index (χ1) is 14.5. The molecule has 4 rings (SSSR count). The molecule has 1 heterocycles. The van der Waals surface area contributed by atoms with Gasteiger partial charge in [0.25, 0.3) is 11.8 Å². The second-order valence-corrected chi connectivity index (χ2v) is 6.92. The van der Waals surface area contributed by atoms with E-state index in [4.69, 9.17) is 16.3 Å². The van der Waals surface area contributed by atoms with Crippen LogP contribution in [0.15, 0.2) is 78.5 Å². The van der Waals surface area contributed by atoms with E-state index in [1.54, 1.807) is 42.5 Å². The maximum atomic E-state index is 13.3. The van der Waals surface area contributed by atoms with Gasteiger partial charge in [0, 0.05) is 5.69 Å². The number of hydrogen-bond donors (Lipinski definition) is 1. The van der Waals surface area contributed by atoms with Crippen molar-refractivity contribution in [3.63, 3.8) is 0 Å². The zero-order valence-corrected chi connectivity index (χ0v) is 16.6. The Morgan fingerprint density at radius 3 is 2.27 bits per heavy atom. The van der Waals surface area contributed by atoms with E-state index in [2.05, 4.69) is 5.32 Å². The van der Waals surface area contributed by atoms with Crippen molar-refractivity contribution < 1.29 is 18.7 Å². The minimum absolute atomic E-state index is 0.108. The van der Waals surface area contributed by atoms with Crippen LogP contribution in [0.3, 0.4) is 0 Å². The quantitative estimate of drug-likeness (QED) is 0.595. The van der Waals surface area contributed by atoms with Crippen molar-refractivity contribution in [3.05, 3.63) is 94.9 Å². The van der Waals surface area contributed by atoms with Crippen molar-refractivity contribution in [2.75, 3.05) is 17.3 Å². The van der Waals surface area contributed by atoms with E-state index in [1.807, 2.05) is 6.07 Å². The molecule has 0 aliphatic carbocycles. The Hall–Kier alpha value is -3.64. The number of halogens is 2. The highest BCUT2D eigenvalue weighted by Gasteiger charge is 2.40. The molecule has 0 saturated heterocycles. The number of nitrogens with zero attached hydrogens (tertiary/aromatic N) is 1. The Balaban J connectivity index is 1.79. The first-order valence-corrected chi connectivity index (χ1v) is 9.42. The molecule has 3 aromatic rings. The Morgan fingerprint density at radius 1 is 0.933 bits per heavy atom. The molecule has 1 aliphatic rings. The Kier molecular flexibility index (Phi) is 5.25. The van der Waals surface area contributed by atoms with Crippen LogP contribution >= 0.6 is 11.6 Å². The zero-order valence-electron chi connectivity index (χ0n) is 15.9. The fourth-order valence-corrected chi connectivity index (χ4v) is 3.49. The fourth-order valence-electron chi connectivity index (χ4n) is 3.23. The first-order valence-electron chi connectivity index (χ1n) is 9.04. The summed E-state index contributed by atoms with van der Waals surface area (Å²) in [6.07, 6.45) is 0. The van der Waals surface area contributed by atoms with Crippen LogP contribution in [-0.2, 0) is 9.59 Å². The molecule has 0 saturated carbocycles. The number of methoxy groups -OCH3 is 1. The summed E-state index contributed by atoms with van der Waals surface area (Å²) >= 11 is 6.19. The molecule has 150 valence electrons. The number of amides is 2. The Morgan fingerprint density at radius 2 is 1.63 bits per heavy atom. The molecule has 1 aliphatic heterocycles. The number of carbonyl (C=O) groups is 2. The number of hydrogen-bond acceptors (Lipinski definition) is 4. The molecule has 0 bridgehead atoms. The highest BCUT2D eigenvalue weighted by atomic mass is 35.5. The van der Waals surface area contributed by atoms with Crippen LogP contribution in [0.5, 0.6) is 5.75 Å². The van der Waals surface area contributed by atoms with Crippen LogP contribution in [0.2, 0.25) is 5.02 Å². The molecule has 5 nitrogen and oxygen atoms in total.